The first-order chi connectivity index (χ1) is 9.18. The molecule has 2 heterocycles. The minimum Gasteiger partial charge on any atom is -0.392 e. The number of likely N-dealkylation sites (tertiary alicyclic amines) is 1. The van der Waals surface area contributed by atoms with Crippen LogP contribution in [0.5, 0.6) is 0 Å². The summed E-state index contributed by atoms with van der Waals surface area (Å²) in [5.74, 6) is 0.264. The number of aryl methyl sites for hydroxylation is 1. The summed E-state index contributed by atoms with van der Waals surface area (Å²) < 4.78 is 0. The fourth-order valence-electron chi connectivity index (χ4n) is 3.27. The summed E-state index contributed by atoms with van der Waals surface area (Å²) in [6.45, 7) is 0.802. The molecule has 5 heteroatoms. The van der Waals surface area contributed by atoms with Crippen LogP contribution in [0.1, 0.15) is 42.0 Å². The van der Waals surface area contributed by atoms with E-state index in [4.69, 9.17) is 18.0 Å². The number of nitrogens with zero attached hydrogens (tertiary/aromatic N) is 1. The van der Waals surface area contributed by atoms with Gasteiger partial charge in [-0.15, -0.1) is 11.3 Å². The van der Waals surface area contributed by atoms with Crippen LogP contribution in [0.25, 0.3) is 0 Å². The number of thiocarbonyl (C=S) groups is 1. The summed E-state index contributed by atoms with van der Waals surface area (Å²) in [7, 11) is 0. The molecule has 1 saturated heterocycles. The number of carbonyl (C=O) groups excluding carboxylic acids is 1. The quantitative estimate of drug-likeness (QED) is 0.852. The summed E-state index contributed by atoms with van der Waals surface area (Å²) in [5.41, 5.74) is 7.01. The van der Waals surface area contributed by atoms with Crippen molar-refractivity contribution in [2.75, 3.05) is 6.54 Å². The number of hydrogen-bond donors (Lipinski definition) is 1. The first-order valence-electron chi connectivity index (χ1n) is 6.84. The zero-order chi connectivity index (χ0) is 13.4. The molecule has 0 aromatic carbocycles. The van der Waals surface area contributed by atoms with Gasteiger partial charge in [-0.05, 0) is 49.1 Å². The van der Waals surface area contributed by atoms with Crippen molar-refractivity contribution in [3.63, 3.8) is 0 Å². The Morgan fingerprint density at radius 3 is 3.05 bits per heavy atom. The van der Waals surface area contributed by atoms with Gasteiger partial charge >= 0.3 is 0 Å². The molecule has 1 aromatic rings. The van der Waals surface area contributed by atoms with Crippen LogP contribution in [-0.2, 0) is 11.2 Å². The molecule has 1 aromatic heterocycles. The molecule has 0 bridgehead atoms. The van der Waals surface area contributed by atoms with E-state index in [1.54, 1.807) is 11.3 Å². The summed E-state index contributed by atoms with van der Waals surface area (Å²) >= 11 is 6.88. The minimum atomic E-state index is -0.0217. The highest BCUT2D eigenvalue weighted by Crippen LogP contribution is 2.37. The monoisotopic (exact) mass is 294 g/mol. The Morgan fingerprint density at radius 2 is 2.26 bits per heavy atom. The Kier molecular flexibility index (Phi) is 3.58. The summed E-state index contributed by atoms with van der Waals surface area (Å²) in [5, 5.41) is 2.10. The zero-order valence-corrected chi connectivity index (χ0v) is 12.4. The Labute approximate surface area is 122 Å². The second kappa shape index (κ2) is 5.21. The van der Waals surface area contributed by atoms with E-state index in [0.29, 0.717) is 4.99 Å². The molecule has 102 valence electrons. The highest BCUT2D eigenvalue weighted by molar-refractivity contribution is 7.80. The van der Waals surface area contributed by atoms with Crippen LogP contribution in [0.3, 0.4) is 0 Å². The van der Waals surface area contributed by atoms with Gasteiger partial charge in [0.05, 0.1) is 16.9 Å². The third kappa shape index (κ3) is 2.30. The van der Waals surface area contributed by atoms with E-state index >= 15 is 0 Å². The molecular formula is C14H18N2OS2. The molecule has 0 radical (unpaired) electrons. The predicted octanol–water partition coefficient (Wildman–Crippen LogP) is 2.45. The van der Waals surface area contributed by atoms with Gasteiger partial charge in [0.15, 0.2) is 0 Å². The molecule has 0 saturated carbocycles. The largest absolute Gasteiger partial charge is 0.392 e. The molecule has 2 N–H and O–H groups in total. The number of carbonyl (C=O) groups is 1. The first-order valence-corrected chi connectivity index (χ1v) is 8.13. The van der Waals surface area contributed by atoms with Crippen molar-refractivity contribution < 1.29 is 4.79 Å². The molecule has 2 unspecified atom stereocenters. The maximum Gasteiger partial charge on any atom is 0.230 e. The lowest BCUT2D eigenvalue weighted by molar-refractivity contribution is -0.132. The van der Waals surface area contributed by atoms with Gasteiger partial charge in [0.1, 0.15) is 0 Å². The lowest BCUT2D eigenvalue weighted by atomic mass is 9.86. The average molecular weight is 294 g/mol. The van der Waals surface area contributed by atoms with Crippen molar-refractivity contribution in [3.05, 3.63) is 21.9 Å². The summed E-state index contributed by atoms with van der Waals surface area (Å²) in [4.78, 5) is 16.6. The molecule has 0 spiro atoms. The Morgan fingerprint density at radius 1 is 1.42 bits per heavy atom. The number of fused-ring (bicyclic) bond motifs is 1. The molecule has 1 aliphatic heterocycles. The van der Waals surface area contributed by atoms with Gasteiger partial charge in [-0.25, -0.2) is 0 Å². The molecule has 2 aliphatic rings. The third-order valence-corrected chi connectivity index (χ3v) is 5.48. The van der Waals surface area contributed by atoms with Crippen LogP contribution in [0, 0.1) is 0 Å². The van der Waals surface area contributed by atoms with Crippen molar-refractivity contribution in [1.29, 1.82) is 0 Å². The van der Waals surface area contributed by atoms with Crippen molar-refractivity contribution in [3.8, 4) is 0 Å². The van der Waals surface area contributed by atoms with Crippen molar-refractivity contribution >= 4 is 34.5 Å². The highest BCUT2D eigenvalue weighted by atomic mass is 32.1. The van der Waals surface area contributed by atoms with E-state index in [-0.39, 0.29) is 17.9 Å². The zero-order valence-electron chi connectivity index (χ0n) is 10.8. The SMILES string of the molecule is NC(=S)C1CCCN1C(=O)C1CCCc2sccc21. The van der Waals surface area contributed by atoms with E-state index in [9.17, 15) is 4.79 Å². The smallest absolute Gasteiger partial charge is 0.230 e. The fourth-order valence-corrected chi connectivity index (χ4v) is 4.50. The Bertz CT molecular complexity index is 511. The van der Waals surface area contributed by atoms with Crippen LogP contribution >= 0.6 is 23.6 Å². The van der Waals surface area contributed by atoms with E-state index in [0.717, 1.165) is 38.6 Å². The van der Waals surface area contributed by atoms with Crippen LogP contribution in [0.4, 0.5) is 0 Å². The number of rotatable bonds is 2. The van der Waals surface area contributed by atoms with Crippen LogP contribution in [0.15, 0.2) is 11.4 Å². The van der Waals surface area contributed by atoms with Crippen LogP contribution in [-0.4, -0.2) is 28.4 Å². The lowest BCUT2D eigenvalue weighted by Crippen LogP contribution is -2.45. The molecule has 1 fully saturated rings. The van der Waals surface area contributed by atoms with E-state index in [2.05, 4.69) is 11.4 Å². The molecular weight excluding hydrogens is 276 g/mol. The lowest BCUT2D eigenvalue weighted by Gasteiger charge is -2.30. The number of hydrogen-bond acceptors (Lipinski definition) is 3. The standard InChI is InChI=1S/C14H18N2OS2/c15-13(18)11-4-2-7-16(11)14(17)10-3-1-5-12-9(10)6-8-19-12/h6,8,10-11H,1-5,7H2,(H2,15,18). The van der Waals surface area contributed by atoms with Crippen LogP contribution < -0.4 is 5.73 Å². The number of nitrogens with two attached hydrogens (primary N) is 1. The molecule has 19 heavy (non-hydrogen) atoms. The van der Waals surface area contributed by atoms with Crippen molar-refractivity contribution in [2.24, 2.45) is 5.73 Å². The maximum atomic E-state index is 12.8. The van der Waals surface area contributed by atoms with Gasteiger partial charge in [-0.1, -0.05) is 12.2 Å². The minimum absolute atomic E-state index is 0.0217. The molecule has 1 amide bonds. The normalized spacial score (nSPS) is 26.2. The fraction of sp³-hybridized carbons (Fsp3) is 0.571. The van der Waals surface area contributed by atoms with Gasteiger partial charge in [0.25, 0.3) is 0 Å². The first kappa shape index (κ1) is 13.1. The highest BCUT2D eigenvalue weighted by Gasteiger charge is 2.36. The third-order valence-electron chi connectivity index (χ3n) is 4.21. The van der Waals surface area contributed by atoms with Crippen LogP contribution in [0.2, 0.25) is 0 Å². The topological polar surface area (TPSA) is 46.3 Å². The second-order valence-electron chi connectivity index (χ2n) is 5.34. The van der Waals surface area contributed by atoms with Gasteiger partial charge in [0, 0.05) is 11.4 Å². The van der Waals surface area contributed by atoms with Crippen molar-refractivity contribution in [1.82, 2.24) is 4.90 Å². The van der Waals surface area contributed by atoms with E-state index in [1.165, 1.54) is 10.4 Å². The Hall–Kier alpha value is -0.940. The van der Waals surface area contributed by atoms with Gasteiger partial charge in [-0.2, -0.15) is 0 Å². The van der Waals surface area contributed by atoms with E-state index in [1.807, 2.05) is 4.90 Å². The maximum absolute atomic E-state index is 12.8. The molecule has 2 atom stereocenters. The Balaban J connectivity index is 1.84. The molecule has 3 nitrogen and oxygen atoms in total. The van der Waals surface area contributed by atoms with Gasteiger partial charge in [0.2, 0.25) is 5.91 Å². The van der Waals surface area contributed by atoms with E-state index < -0.39 is 0 Å². The predicted molar refractivity (Wildman–Crippen MR) is 81.5 cm³/mol. The van der Waals surface area contributed by atoms with Gasteiger partial charge in [-0.3, -0.25) is 4.79 Å². The number of thiophene rings is 1. The van der Waals surface area contributed by atoms with Crippen molar-refractivity contribution in [2.45, 2.75) is 44.1 Å². The average Bonchev–Trinajstić information content (AvgIpc) is 3.05. The molecule has 1 aliphatic carbocycles. The second-order valence-corrected chi connectivity index (χ2v) is 6.81. The van der Waals surface area contributed by atoms with Gasteiger partial charge < -0.3 is 10.6 Å². The number of amides is 1. The summed E-state index contributed by atoms with van der Waals surface area (Å²) in [6, 6.07) is 2.10. The summed E-state index contributed by atoms with van der Waals surface area (Å²) in [6.07, 6.45) is 5.12. The molecule has 3 rings (SSSR count).